The third-order valence-electron chi connectivity index (χ3n) is 6.94. The van der Waals surface area contributed by atoms with Crippen LogP contribution < -0.4 is 0 Å². The predicted octanol–water partition coefficient (Wildman–Crippen LogP) is 2.41. The van der Waals surface area contributed by atoms with Gasteiger partial charge >= 0.3 is 0 Å². The van der Waals surface area contributed by atoms with Gasteiger partial charge in [0.2, 0.25) is 15.0 Å². The lowest BCUT2D eigenvalue weighted by atomic mass is 9.91. The molecule has 1 aliphatic heterocycles. The maximum Gasteiger partial charge on any atom is 0.227 e. The zero-order valence-corrected chi connectivity index (χ0v) is 19.3. The summed E-state index contributed by atoms with van der Waals surface area (Å²) >= 11 is 0. The minimum absolute atomic E-state index is 0.232. The first-order valence-electron chi connectivity index (χ1n) is 11.8. The number of nitrogens with zero attached hydrogens (tertiary/aromatic N) is 4. The number of ether oxygens (including phenoxy) is 1. The molecule has 170 valence electrons. The van der Waals surface area contributed by atoms with E-state index in [1.165, 1.54) is 25.8 Å². The average molecular weight is 439 g/mol. The van der Waals surface area contributed by atoms with E-state index in [4.69, 9.17) is 4.74 Å². The van der Waals surface area contributed by atoms with Crippen molar-refractivity contribution in [2.45, 2.75) is 63.2 Å². The molecule has 1 saturated heterocycles. The minimum atomic E-state index is -3.39. The lowest BCUT2D eigenvalue weighted by Gasteiger charge is -2.34. The van der Waals surface area contributed by atoms with Crippen molar-refractivity contribution in [3.63, 3.8) is 0 Å². The highest BCUT2D eigenvalue weighted by Gasteiger charge is 2.30. The molecule has 2 heterocycles. The van der Waals surface area contributed by atoms with Gasteiger partial charge in [-0.25, -0.2) is 13.4 Å². The molecule has 2 aliphatic carbocycles. The molecule has 8 heteroatoms. The van der Waals surface area contributed by atoms with Gasteiger partial charge in [-0.3, -0.25) is 4.90 Å². The molecule has 0 radical (unpaired) electrons. The Hall–Kier alpha value is -0.960. The Bertz CT molecular complexity index is 776. The maximum absolute atomic E-state index is 13.2. The number of imidazole rings is 1. The lowest BCUT2D eigenvalue weighted by molar-refractivity contribution is 0.120. The van der Waals surface area contributed by atoms with Gasteiger partial charge in [-0.05, 0) is 37.5 Å². The topological polar surface area (TPSA) is 67.7 Å². The van der Waals surface area contributed by atoms with Crippen LogP contribution in [0, 0.1) is 11.8 Å². The quantitative estimate of drug-likeness (QED) is 0.559. The summed E-state index contributed by atoms with van der Waals surface area (Å²) < 4.78 is 33.6. The standard InChI is InChI=1S/C22H38N4O3S/c1-29-14-13-26-21(17-25-11-9-24(10-12-25)16-19-7-8-19)15-23-22(26)30(27,28)18-20-5-3-2-4-6-20/h15,19-20H,2-14,16-18H2,1H3. The molecule has 0 unspecified atom stereocenters. The van der Waals surface area contributed by atoms with Gasteiger partial charge in [0.15, 0.2) is 0 Å². The highest BCUT2D eigenvalue weighted by atomic mass is 32.2. The fourth-order valence-corrected chi connectivity index (χ4v) is 6.81. The molecule has 4 rings (SSSR count). The number of methoxy groups -OCH3 is 1. The lowest BCUT2D eigenvalue weighted by Crippen LogP contribution is -2.46. The van der Waals surface area contributed by atoms with Crippen LogP contribution in [0.1, 0.15) is 50.6 Å². The molecule has 0 spiro atoms. The molecule has 0 bridgehead atoms. The first-order chi connectivity index (χ1) is 14.5. The number of hydrogen-bond acceptors (Lipinski definition) is 6. The molecule has 7 nitrogen and oxygen atoms in total. The van der Waals surface area contributed by atoms with Crippen molar-refractivity contribution in [2.24, 2.45) is 11.8 Å². The highest BCUT2D eigenvalue weighted by Crippen LogP contribution is 2.30. The molecule has 1 aromatic heterocycles. The molecule has 2 saturated carbocycles. The number of aromatic nitrogens is 2. The van der Waals surface area contributed by atoms with E-state index in [0.717, 1.165) is 70.0 Å². The van der Waals surface area contributed by atoms with Crippen LogP contribution in [0.2, 0.25) is 0 Å². The monoisotopic (exact) mass is 438 g/mol. The van der Waals surface area contributed by atoms with Crippen molar-refractivity contribution in [3.05, 3.63) is 11.9 Å². The Morgan fingerprint density at radius 2 is 1.70 bits per heavy atom. The van der Waals surface area contributed by atoms with E-state index in [1.54, 1.807) is 13.3 Å². The Morgan fingerprint density at radius 3 is 2.37 bits per heavy atom. The molecule has 0 amide bonds. The van der Waals surface area contributed by atoms with Crippen LogP contribution in [0.4, 0.5) is 0 Å². The third kappa shape index (κ3) is 5.84. The summed E-state index contributed by atoms with van der Waals surface area (Å²) in [6.45, 7) is 7.32. The van der Waals surface area contributed by atoms with Crippen molar-refractivity contribution in [1.82, 2.24) is 19.4 Å². The number of hydrogen-bond donors (Lipinski definition) is 0. The summed E-state index contributed by atoms with van der Waals surface area (Å²) in [7, 11) is -1.73. The predicted molar refractivity (Wildman–Crippen MR) is 117 cm³/mol. The van der Waals surface area contributed by atoms with E-state index in [9.17, 15) is 8.42 Å². The molecular weight excluding hydrogens is 400 g/mol. The minimum Gasteiger partial charge on any atom is -0.383 e. The van der Waals surface area contributed by atoms with Crippen LogP contribution in [-0.4, -0.2) is 80.0 Å². The second kappa shape index (κ2) is 10.1. The summed E-state index contributed by atoms with van der Waals surface area (Å²) in [5.74, 6) is 1.44. The van der Waals surface area contributed by atoms with E-state index in [2.05, 4.69) is 14.8 Å². The van der Waals surface area contributed by atoms with Crippen LogP contribution in [0.15, 0.2) is 11.4 Å². The van der Waals surface area contributed by atoms with E-state index < -0.39 is 9.84 Å². The van der Waals surface area contributed by atoms with Gasteiger partial charge in [-0.2, -0.15) is 0 Å². The van der Waals surface area contributed by atoms with Crippen molar-refractivity contribution in [1.29, 1.82) is 0 Å². The molecule has 0 atom stereocenters. The Morgan fingerprint density at radius 1 is 1.00 bits per heavy atom. The van der Waals surface area contributed by atoms with Gasteiger partial charge < -0.3 is 14.2 Å². The summed E-state index contributed by atoms with van der Waals surface area (Å²) in [5.41, 5.74) is 0.991. The zero-order chi connectivity index (χ0) is 21.0. The first-order valence-corrected chi connectivity index (χ1v) is 13.4. The molecule has 3 fully saturated rings. The van der Waals surface area contributed by atoms with Crippen LogP contribution in [0.3, 0.4) is 0 Å². The molecule has 1 aromatic rings. The van der Waals surface area contributed by atoms with Gasteiger partial charge in [0, 0.05) is 52.9 Å². The molecule has 3 aliphatic rings. The second-order valence-corrected chi connectivity index (χ2v) is 11.4. The smallest absolute Gasteiger partial charge is 0.227 e. The SMILES string of the molecule is COCCn1c(CN2CCN(CC3CC3)CC2)cnc1S(=O)(=O)CC1CCCCC1. The van der Waals surface area contributed by atoms with E-state index in [-0.39, 0.29) is 16.8 Å². The summed E-state index contributed by atoms with van der Waals surface area (Å²) in [6.07, 6.45) is 10.2. The first kappa shape index (κ1) is 22.2. The normalized spacial score (nSPS) is 22.6. The zero-order valence-electron chi connectivity index (χ0n) is 18.5. The molecule has 30 heavy (non-hydrogen) atoms. The van der Waals surface area contributed by atoms with Gasteiger partial charge in [0.1, 0.15) is 0 Å². The fraction of sp³-hybridized carbons (Fsp3) is 0.864. The van der Waals surface area contributed by atoms with Gasteiger partial charge in [0.05, 0.1) is 24.3 Å². The second-order valence-electron chi connectivity index (χ2n) is 9.48. The number of sulfone groups is 1. The summed E-state index contributed by atoms with van der Waals surface area (Å²) in [5, 5.41) is 0.243. The molecule has 0 N–H and O–H groups in total. The van der Waals surface area contributed by atoms with Crippen LogP contribution in [0.5, 0.6) is 0 Å². The Balaban J connectivity index is 1.42. The molecule has 0 aromatic carbocycles. The molecular formula is C22H38N4O3S. The summed E-state index contributed by atoms with van der Waals surface area (Å²) in [6, 6.07) is 0. The fourth-order valence-electron chi connectivity index (χ4n) is 4.95. The summed E-state index contributed by atoms with van der Waals surface area (Å²) in [4.78, 5) is 9.43. The maximum atomic E-state index is 13.2. The van der Waals surface area contributed by atoms with Crippen molar-refractivity contribution >= 4 is 9.84 Å². The number of rotatable bonds is 10. The Kier molecular flexibility index (Phi) is 7.49. The third-order valence-corrected chi connectivity index (χ3v) is 8.73. The average Bonchev–Trinajstić information content (AvgIpc) is 3.46. The van der Waals surface area contributed by atoms with Gasteiger partial charge in [-0.15, -0.1) is 0 Å². The van der Waals surface area contributed by atoms with Crippen molar-refractivity contribution in [3.8, 4) is 0 Å². The van der Waals surface area contributed by atoms with Crippen molar-refractivity contribution < 1.29 is 13.2 Å². The Labute approximate surface area is 181 Å². The van der Waals surface area contributed by atoms with Crippen LogP contribution in [-0.2, 0) is 27.7 Å². The van der Waals surface area contributed by atoms with Crippen LogP contribution in [0.25, 0.3) is 0 Å². The van der Waals surface area contributed by atoms with Crippen LogP contribution >= 0.6 is 0 Å². The number of piperazine rings is 1. The van der Waals surface area contributed by atoms with E-state index >= 15 is 0 Å². The highest BCUT2D eigenvalue weighted by molar-refractivity contribution is 7.91. The largest absolute Gasteiger partial charge is 0.383 e. The van der Waals surface area contributed by atoms with Gasteiger partial charge in [-0.1, -0.05) is 19.3 Å². The van der Waals surface area contributed by atoms with E-state index in [0.29, 0.717) is 13.2 Å². The van der Waals surface area contributed by atoms with Crippen molar-refractivity contribution in [2.75, 3.05) is 52.2 Å². The van der Waals surface area contributed by atoms with Gasteiger partial charge in [0.25, 0.3) is 0 Å². The van der Waals surface area contributed by atoms with E-state index in [1.807, 2.05) is 4.57 Å².